The van der Waals surface area contributed by atoms with Crippen LogP contribution in [0.15, 0.2) is 0 Å². The van der Waals surface area contributed by atoms with E-state index in [-0.39, 0.29) is 18.0 Å². The molecule has 0 heterocycles. The molecule has 1 N–H and O–H groups in total. The van der Waals surface area contributed by atoms with Gasteiger partial charge in [-0.2, -0.15) is 0 Å². The average Bonchev–Trinajstić information content (AvgIpc) is 2.56. The van der Waals surface area contributed by atoms with Crippen molar-refractivity contribution in [3.05, 3.63) is 0 Å². The van der Waals surface area contributed by atoms with Gasteiger partial charge in [0.2, 0.25) is 0 Å². The van der Waals surface area contributed by atoms with E-state index >= 15 is 0 Å². The minimum atomic E-state index is -0.910. The second-order valence-electron chi connectivity index (χ2n) is 11.6. The van der Waals surface area contributed by atoms with Crippen molar-refractivity contribution in [2.24, 2.45) is 10.8 Å². The molecule has 0 rings (SSSR count). The zero-order chi connectivity index (χ0) is 24.8. The van der Waals surface area contributed by atoms with E-state index < -0.39 is 40.2 Å². The molecule has 0 aliphatic heterocycles. The highest BCUT2D eigenvalue weighted by Crippen LogP contribution is 2.39. The van der Waals surface area contributed by atoms with Crippen LogP contribution in [0.1, 0.15) is 108 Å². The monoisotopic (exact) mass is 442 g/mol. The summed E-state index contributed by atoms with van der Waals surface area (Å²) in [6.45, 7) is 20.4. The molecule has 0 radical (unpaired) electrons. The standard InChI is InChI=1S/C25H46O6/c1-17(30-23(5,6)7)20(28)24(8,9)25(10,11)31-18(21(29)22(2,3)4)15-13-12-14-16-19(26)27/h17-18H,12-16H2,1-11H3,(H,26,27). The van der Waals surface area contributed by atoms with Crippen molar-refractivity contribution in [2.45, 2.75) is 132 Å². The Balaban J connectivity index is 5.49. The second-order valence-corrected chi connectivity index (χ2v) is 11.6. The van der Waals surface area contributed by atoms with Gasteiger partial charge >= 0.3 is 5.97 Å². The normalized spacial score (nSPS) is 15.5. The predicted molar refractivity (Wildman–Crippen MR) is 123 cm³/mol. The van der Waals surface area contributed by atoms with Crippen molar-refractivity contribution in [2.75, 3.05) is 0 Å². The molecule has 0 spiro atoms. The number of hydrogen-bond donors (Lipinski definition) is 1. The van der Waals surface area contributed by atoms with E-state index in [0.717, 1.165) is 0 Å². The van der Waals surface area contributed by atoms with E-state index in [0.29, 0.717) is 25.7 Å². The van der Waals surface area contributed by atoms with Crippen LogP contribution in [0.4, 0.5) is 0 Å². The first-order valence-electron chi connectivity index (χ1n) is 11.4. The number of Topliss-reactive ketones (excluding diaryl/α,β-unsaturated/α-hetero) is 2. The van der Waals surface area contributed by atoms with Gasteiger partial charge in [0.1, 0.15) is 12.2 Å². The summed E-state index contributed by atoms with van der Waals surface area (Å²) < 4.78 is 12.3. The maximum absolute atomic E-state index is 13.3. The first-order chi connectivity index (χ1) is 13.7. The summed E-state index contributed by atoms with van der Waals surface area (Å²) in [5.41, 5.74) is -2.83. The number of unbranched alkanes of at least 4 members (excludes halogenated alkanes) is 2. The summed E-state index contributed by atoms with van der Waals surface area (Å²) in [5, 5.41) is 8.81. The summed E-state index contributed by atoms with van der Waals surface area (Å²) in [7, 11) is 0. The van der Waals surface area contributed by atoms with Gasteiger partial charge in [0.05, 0.1) is 16.6 Å². The first-order valence-corrected chi connectivity index (χ1v) is 11.4. The Labute approximate surface area is 189 Å². The third-order valence-electron chi connectivity index (χ3n) is 5.85. The molecular weight excluding hydrogens is 396 g/mol. The fourth-order valence-electron chi connectivity index (χ4n) is 3.40. The fourth-order valence-corrected chi connectivity index (χ4v) is 3.40. The van der Waals surface area contributed by atoms with E-state index in [9.17, 15) is 14.4 Å². The molecule has 31 heavy (non-hydrogen) atoms. The molecule has 0 saturated carbocycles. The highest BCUT2D eigenvalue weighted by molar-refractivity contribution is 5.90. The van der Waals surface area contributed by atoms with Gasteiger partial charge in [-0.05, 0) is 54.4 Å². The third kappa shape index (κ3) is 9.82. The largest absolute Gasteiger partial charge is 0.481 e. The number of ketones is 2. The van der Waals surface area contributed by atoms with Crippen LogP contribution in [0.2, 0.25) is 0 Å². The lowest BCUT2D eigenvalue weighted by atomic mass is 9.71. The van der Waals surface area contributed by atoms with Crippen molar-refractivity contribution < 1.29 is 29.0 Å². The van der Waals surface area contributed by atoms with Crippen LogP contribution >= 0.6 is 0 Å². The molecular formula is C25H46O6. The summed E-state index contributed by atoms with van der Waals surface area (Å²) in [6.07, 6.45) is 1.32. The summed E-state index contributed by atoms with van der Waals surface area (Å²) >= 11 is 0. The Kier molecular flexibility index (Phi) is 10.6. The Bertz CT molecular complexity index is 619. The smallest absolute Gasteiger partial charge is 0.303 e. The number of aliphatic carboxylic acids is 1. The van der Waals surface area contributed by atoms with Gasteiger partial charge in [-0.25, -0.2) is 0 Å². The molecule has 0 aromatic carbocycles. The molecule has 0 aromatic rings. The number of carboxylic acid groups (broad SMARTS) is 1. The van der Waals surface area contributed by atoms with Crippen LogP contribution < -0.4 is 0 Å². The Hall–Kier alpha value is -1.27. The lowest BCUT2D eigenvalue weighted by Gasteiger charge is -2.44. The van der Waals surface area contributed by atoms with E-state index in [1.165, 1.54) is 0 Å². The van der Waals surface area contributed by atoms with Gasteiger partial charge in [-0.1, -0.05) is 47.5 Å². The molecule has 6 heteroatoms. The van der Waals surface area contributed by atoms with E-state index in [4.69, 9.17) is 14.6 Å². The quantitative estimate of drug-likeness (QED) is 0.373. The lowest BCUT2D eigenvalue weighted by molar-refractivity contribution is -0.181. The highest BCUT2D eigenvalue weighted by Gasteiger charge is 2.48. The molecule has 0 amide bonds. The molecule has 0 aliphatic rings. The van der Waals surface area contributed by atoms with Crippen LogP contribution in [0.3, 0.4) is 0 Å². The number of rotatable bonds is 13. The average molecular weight is 443 g/mol. The zero-order valence-corrected chi connectivity index (χ0v) is 21.7. The fraction of sp³-hybridized carbons (Fsp3) is 0.880. The van der Waals surface area contributed by atoms with Gasteiger partial charge in [-0.15, -0.1) is 0 Å². The van der Waals surface area contributed by atoms with Gasteiger partial charge in [-0.3, -0.25) is 14.4 Å². The van der Waals surface area contributed by atoms with E-state index in [2.05, 4.69) is 0 Å². The maximum atomic E-state index is 13.3. The Morgan fingerprint density at radius 1 is 0.774 bits per heavy atom. The molecule has 6 nitrogen and oxygen atoms in total. The highest BCUT2D eigenvalue weighted by atomic mass is 16.5. The Morgan fingerprint density at radius 2 is 1.29 bits per heavy atom. The van der Waals surface area contributed by atoms with E-state index in [1.807, 2.05) is 69.2 Å². The van der Waals surface area contributed by atoms with Crippen molar-refractivity contribution >= 4 is 17.5 Å². The van der Waals surface area contributed by atoms with Gasteiger partial charge < -0.3 is 14.6 Å². The minimum absolute atomic E-state index is 0.0129. The predicted octanol–water partition coefficient (Wildman–Crippen LogP) is 5.60. The topological polar surface area (TPSA) is 89.9 Å². The summed E-state index contributed by atoms with van der Waals surface area (Å²) in [5.74, 6) is -0.900. The number of carbonyl (C=O) groups is 3. The Morgan fingerprint density at radius 3 is 1.71 bits per heavy atom. The van der Waals surface area contributed by atoms with Crippen molar-refractivity contribution in [1.82, 2.24) is 0 Å². The molecule has 2 unspecified atom stereocenters. The summed E-state index contributed by atoms with van der Waals surface area (Å²) in [6, 6.07) is 0. The third-order valence-corrected chi connectivity index (χ3v) is 5.85. The summed E-state index contributed by atoms with van der Waals surface area (Å²) in [4.78, 5) is 37.1. The molecule has 0 bridgehead atoms. The van der Waals surface area contributed by atoms with Gasteiger partial charge in [0.15, 0.2) is 11.6 Å². The van der Waals surface area contributed by atoms with E-state index in [1.54, 1.807) is 6.92 Å². The number of carbonyl (C=O) groups excluding carboxylic acids is 2. The lowest BCUT2D eigenvalue weighted by Crippen LogP contribution is -2.54. The second kappa shape index (κ2) is 11.0. The van der Waals surface area contributed by atoms with Crippen LogP contribution in [0.25, 0.3) is 0 Å². The van der Waals surface area contributed by atoms with Gasteiger partial charge in [0, 0.05) is 11.8 Å². The SMILES string of the molecule is CC(OC(C)(C)C)C(=O)C(C)(C)C(C)(C)OC(CCCCCC(=O)O)C(=O)C(C)(C)C. The van der Waals surface area contributed by atoms with Crippen molar-refractivity contribution in [3.63, 3.8) is 0 Å². The first kappa shape index (κ1) is 29.7. The number of hydrogen-bond acceptors (Lipinski definition) is 5. The van der Waals surface area contributed by atoms with Crippen LogP contribution in [0, 0.1) is 10.8 Å². The maximum Gasteiger partial charge on any atom is 0.303 e. The zero-order valence-electron chi connectivity index (χ0n) is 21.7. The van der Waals surface area contributed by atoms with Crippen LogP contribution in [-0.4, -0.2) is 46.1 Å². The van der Waals surface area contributed by atoms with Crippen LogP contribution in [0.5, 0.6) is 0 Å². The minimum Gasteiger partial charge on any atom is -0.481 e. The van der Waals surface area contributed by atoms with Crippen LogP contribution in [-0.2, 0) is 23.9 Å². The van der Waals surface area contributed by atoms with Gasteiger partial charge in [0.25, 0.3) is 0 Å². The molecule has 182 valence electrons. The molecule has 2 atom stereocenters. The number of carboxylic acids is 1. The molecule has 0 saturated heterocycles. The van der Waals surface area contributed by atoms with Crippen molar-refractivity contribution in [3.8, 4) is 0 Å². The van der Waals surface area contributed by atoms with Crippen molar-refractivity contribution in [1.29, 1.82) is 0 Å². The molecule has 0 fully saturated rings. The molecule has 0 aliphatic carbocycles. The number of ether oxygens (including phenoxy) is 2. The molecule has 0 aromatic heterocycles.